The molecule has 1 atom stereocenters. The first kappa shape index (κ1) is 9.85. The Morgan fingerprint density at radius 3 is 2.23 bits per heavy atom. The Hall–Kier alpha value is -1.23. The van der Waals surface area contributed by atoms with E-state index in [-0.39, 0.29) is 6.07 Å². The molecule has 0 heterocycles. The summed E-state index contributed by atoms with van der Waals surface area (Å²) < 4.78 is 38.0. The van der Waals surface area contributed by atoms with Crippen molar-refractivity contribution in [1.82, 2.24) is 0 Å². The minimum Gasteiger partial charge on any atom is -0.504 e. The smallest absolute Gasteiger partial charge is 0.168 e. The summed E-state index contributed by atoms with van der Waals surface area (Å²) in [7, 11) is 0. The molecule has 1 unspecified atom stereocenters. The molecular weight excluding hydrogens is 185 g/mol. The second-order valence-corrected chi connectivity index (χ2v) is 2.59. The molecule has 2 N–H and O–H groups in total. The van der Waals surface area contributed by atoms with E-state index in [9.17, 15) is 13.2 Å². The van der Waals surface area contributed by atoms with Crippen LogP contribution in [0.25, 0.3) is 0 Å². The van der Waals surface area contributed by atoms with Crippen molar-refractivity contribution in [3.05, 3.63) is 29.1 Å². The van der Waals surface area contributed by atoms with Gasteiger partial charge in [0, 0.05) is 6.07 Å². The van der Waals surface area contributed by atoms with Gasteiger partial charge in [-0.2, -0.15) is 0 Å². The van der Waals surface area contributed by atoms with Gasteiger partial charge in [-0.25, -0.2) is 13.2 Å². The summed E-state index contributed by atoms with van der Waals surface area (Å²) in [6.07, 6.45) is -1.47. The van der Waals surface area contributed by atoms with E-state index in [0.29, 0.717) is 0 Å². The lowest BCUT2D eigenvalue weighted by atomic mass is 10.1. The number of hydrogen-bond acceptors (Lipinski definition) is 2. The SMILES string of the molecule is CC(O)c1c(O)c(F)cc(F)c1F. The van der Waals surface area contributed by atoms with Crippen LogP contribution < -0.4 is 0 Å². The topological polar surface area (TPSA) is 40.5 Å². The predicted molar refractivity (Wildman–Crippen MR) is 38.6 cm³/mol. The molecule has 1 rings (SSSR count). The van der Waals surface area contributed by atoms with Gasteiger partial charge in [0.05, 0.1) is 11.7 Å². The maximum Gasteiger partial charge on any atom is 0.168 e. The lowest BCUT2D eigenvalue weighted by molar-refractivity contribution is 0.186. The zero-order chi connectivity index (χ0) is 10.2. The van der Waals surface area contributed by atoms with Gasteiger partial charge in [-0.3, -0.25) is 0 Å². The monoisotopic (exact) mass is 192 g/mol. The Labute approximate surface area is 72.2 Å². The van der Waals surface area contributed by atoms with Crippen LogP contribution in [-0.2, 0) is 0 Å². The number of phenols is 1. The number of benzene rings is 1. The molecule has 0 radical (unpaired) electrons. The molecule has 0 fully saturated rings. The summed E-state index contributed by atoms with van der Waals surface area (Å²) in [6, 6.07) is 0.219. The molecule has 2 nitrogen and oxygen atoms in total. The average molecular weight is 192 g/mol. The highest BCUT2D eigenvalue weighted by Crippen LogP contribution is 2.30. The molecule has 0 saturated carbocycles. The standard InChI is InChI=1S/C8H7F3O2/c1-3(12)6-7(11)4(9)2-5(10)8(6)13/h2-3,12-13H,1H3. The second-order valence-electron chi connectivity index (χ2n) is 2.59. The molecule has 0 aromatic heterocycles. The largest absolute Gasteiger partial charge is 0.504 e. The molecule has 0 spiro atoms. The summed E-state index contributed by atoms with van der Waals surface area (Å²) in [5, 5.41) is 17.8. The molecular formula is C8H7F3O2. The van der Waals surface area contributed by atoms with Gasteiger partial charge < -0.3 is 10.2 Å². The zero-order valence-electron chi connectivity index (χ0n) is 6.68. The fraction of sp³-hybridized carbons (Fsp3) is 0.250. The van der Waals surface area contributed by atoms with Crippen molar-refractivity contribution in [2.45, 2.75) is 13.0 Å². The van der Waals surface area contributed by atoms with Crippen molar-refractivity contribution in [2.24, 2.45) is 0 Å². The minimum atomic E-state index is -1.47. The Bertz CT molecular complexity index is 310. The third-order valence-corrected chi connectivity index (χ3v) is 1.60. The molecule has 0 aliphatic rings. The number of hydrogen-bond donors (Lipinski definition) is 2. The maximum atomic E-state index is 12.8. The van der Waals surface area contributed by atoms with E-state index in [2.05, 4.69) is 0 Å². The van der Waals surface area contributed by atoms with Crippen LogP contribution >= 0.6 is 0 Å². The number of halogens is 3. The highest BCUT2D eigenvalue weighted by atomic mass is 19.2. The Kier molecular flexibility index (Phi) is 2.47. The first-order valence-electron chi connectivity index (χ1n) is 3.49. The summed E-state index contributed by atoms with van der Waals surface area (Å²) in [4.78, 5) is 0. The van der Waals surface area contributed by atoms with E-state index in [4.69, 9.17) is 10.2 Å². The summed E-state index contributed by atoms with van der Waals surface area (Å²) in [6.45, 7) is 1.09. The van der Waals surface area contributed by atoms with Crippen LogP contribution in [0, 0.1) is 17.5 Å². The van der Waals surface area contributed by atoms with Crippen molar-refractivity contribution in [3.63, 3.8) is 0 Å². The Morgan fingerprint density at radius 2 is 1.77 bits per heavy atom. The lowest BCUT2D eigenvalue weighted by Crippen LogP contribution is -2.01. The molecule has 0 saturated heterocycles. The summed E-state index contributed by atoms with van der Waals surface area (Å²) >= 11 is 0. The van der Waals surface area contributed by atoms with Crippen LogP contribution in [-0.4, -0.2) is 10.2 Å². The molecule has 13 heavy (non-hydrogen) atoms. The molecule has 5 heteroatoms. The normalized spacial score (nSPS) is 13.0. The molecule has 72 valence electrons. The van der Waals surface area contributed by atoms with Crippen LogP contribution in [0.1, 0.15) is 18.6 Å². The maximum absolute atomic E-state index is 12.8. The van der Waals surface area contributed by atoms with E-state index >= 15 is 0 Å². The van der Waals surface area contributed by atoms with Crippen LogP contribution in [0.15, 0.2) is 6.07 Å². The Morgan fingerprint density at radius 1 is 1.23 bits per heavy atom. The van der Waals surface area contributed by atoms with E-state index in [1.807, 2.05) is 0 Å². The third-order valence-electron chi connectivity index (χ3n) is 1.60. The van der Waals surface area contributed by atoms with Gasteiger partial charge in [0.25, 0.3) is 0 Å². The van der Waals surface area contributed by atoms with Gasteiger partial charge in [0.2, 0.25) is 0 Å². The van der Waals surface area contributed by atoms with Crippen molar-refractivity contribution in [1.29, 1.82) is 0 Å². The van der Waals surface area contributed by atoms with Gasteiger partial charge >= 0.3 is 0 Å². The highest BCUT2D eigenvalue weighted by molar-refractivity contribution is 5.37. The quantitative estimate of drug-likeness (QED) is 0.667. The van der Waals surface area contributed by atoms with Crippen LogP contribution in [0.4, 0.5) is 13.2 Å². The number of rotatable bonds is 1. The van der Waals surface area contributed by atoms with Gasteiger partial charge in [-0.05, 0) is 6.92 Å². The van der Waals surface area contributed by atoms with E-state index < -0.39 is 34.9 Å². The number of aromatic hydroxyl groups is 1. The van der Waals surface area contributed by atoms with E-state index in [1.165, 1.54) is 0 Å². The first-order chi connectivity index (χ1) is 5.95. The molecule has 1 aromatic rings. The van der Waals surface area contributed by atoms with Gasteiger partial charge in [-0.15, -0.1) is 0 Å². The van der Waals surface area contributed by atoms with E-state index in [1.54, 1.807) is 0 Å². The first-order valence-corrected chi connectivity index (χ1v) is 3.49. The van der Waals surface area contributed by atoms with Gasteiger partial charge in [0.1, 0.15) is 0 Å². The molecule has 0 bridgehead atoms. The van der Waals surface area contributed by atoms with E-state index in [0.717, 1.165) is 6.92 Å². The fourth-order valence-corrected chi connectivity index (χ4v) is 0.985. The number of phenolic OH excluding ortho intramolecular Hbond substituents is 1. The zero-order valence-corrected chi connectivity index (χ0v) is 6.68. The van der Waals surface area contributed by atoms with Crippen molar-refractivity contribution < 1.29 is 23.4 Å². The fourth-order valence-electron chi connectivity index (χ4n) is 0.985. The van der Waals surface area contributed by atoms with Crippen molar-refractivity contribution in [3.8, 4) is 5.75 Å². The molecule has 1 aromatic carbocycles. The number of aliphatic hydroxyl groups excluding tert-OH is 1. The second kappa shape index (κ2) is 3.26. The van der Waals surface area contributed by atoms with Crippen molar-refractivity contribution in [2.75, 3.05) is 0 Å². The Balaban J connectivity index is 3.46. The molecule has 0 aliphatic heterocycles. The molecule has 0 aliphatic carbocycles. The minimum absolute atomic E-state index is 0.219. The predicted octanol–water partition coefficient (Wildman–Crippen LogP) is 1.86. The van der Waals surface area contributed by atoms with Crippen LogP contribution in [0.3, 0.4) is 0 Å². The van der Waals surface area contributed by atoms with Gasteiger partial charge in [-0.1, -0.05) is 0 Å². The highest BCUT2D eigenvalue weighted by Gasteiger charge is 2.21. The summed E-state index contributed by atoms with van der Waals surface area (Å²) in [5.74, 6) is -5.23. The number of aliphatic hydroxyl groups is 1. The summed E-state index contributed by atoms with van der Waals surface area (Å²) in [5.41, 5.74) is -0.766. The third kappa shape index (κ3) is 1.60. The van der Waals surface area contributed by atoms with Crippen LogP contribution in [0.2, 0.25) is 0 Å². The molecule has 0 amide bonds. The van der Waals surface area contributed by atoms with Crippen molar-refractivity contribution >= 4 is 0 Å². The average Bonchev–Trinajstić information content (AvgIpc) is 2.01. The lowest BCUT2D eigenvalue weighted by Gasteiger charge is -2.09. The van der Waals surface area contributed by atoms with Crippen LogP contribution in [0.5, 0.6) is 5.75 Å². The van der Waals surface area contributed by atoms with Gasteiger partial charge in [0.15, 0.2) is 23.2 Å².